The Kier molecular flexibility index (Phi) is 3.55. The van der Waals surface area contributed by atoms with E-state index in [1.165, 1.54) is 35.3 Å². The van der Waals surface area contributed by atoms with Crippen LogP contribution in [0.3, 0.4) is 0 Å². The van der Waals surface area contributed by atoms with Crippen molar-refractivity contribution < 1.29 is 4.79 Å². The van der Waals surface area contributed by atoms with E-state index in [9.17, 15) is 4.79 Å². The number of amides is 1. The number of thioether (sulfide) groups is 1. The molecule has 0 fully saturated rings. The molecule has 0 atom stereocenters. The third-order valence-electron chi connectivity index (χ3n) is 3.22. The molecular formula is C14H15N3OS. The van der Waals surface area contributed by atoms with Crippen LogP contribution in [0.5, 0.6) is 0 Å². The summed E-state index contributed by atoms with van der Waals surface area (Å²) in [4.78, 5) is 12.9. The maximum atomic E-state index is 11.7. The standard InChI is InChI=1S/C14H15N3OS/c18-14(17-12-7-15-16-8-12)9-19-13-5-4-10-2-1-3-11(10)6-13/h4-8H,1-3,9H2,(H,15,16)(H,17,18). The minimum atomic E-state index is -0.00750. The number of benzene rings is 1. The van der Waals surface area contributed by atoms with Gasteiger partial charge in [-0.05, 0) is 42.5 Å². The highest BCUT2D eigenvalue weighted by Gasteiger charge is 2.11. The number of rotatable bonds is 4. The minimum absolute atomic E-state index is 0.00750. The first kappa shape index (κ1) is 12.3. The van der Waals surface area contributed by atoms with E-state index in [-0.39, 0.29) is 5.91 Å². The summed E-state index contributed by atoms with van der Waals surface area (Å²) in [5.74, 6) is 0.413. The van der Waals surface area contributed by atoms with Gasteiger partial charge in [-0.1, -0.05) is 6.07 Å². The fourth-order valence-corrected chi connectivity index (χ4v) is 3.06. The second-order valence-electron chi connectivity index (χ2n) is 4.61. The highest BCUT2D eigenvalue weighted by atomic mass is 32.2. The average Bonchev–Trinajstić information content (AvgIpc) is 3.06. The van der Waals surface area contributed by atoms with Gasteiger partial charge in [0.2, 0.25) is 5.91 Å². The lowest BCUT2D eigenvalue weighted by molar-refractivity contribution is -0.113. The van der Waals surface area contributed by atoms with E-state index in [0.29, 0.717) is 11.4 Å². The van der Waals surface area contributed by atoms with Gasteiger partial charge in [-0.15, -0.1) is 11.8 Å². The van der Waals surface area contributed by atoms with E-state index in [0.717, 1.165) is 0 Å². The molecule has 1 amide bonds. The number of fused-ring (bicyclic) bond motifs is 1. The first-order valence-corrected chi connectivity index (χ1v) is 7.33. The molecule has 1 aromatic heterocycles. The molecule has 0 unspecified atom stereocenters. The fourth-order valence-electron chi connectivity index (χ4n) is 2.30. The number of hydrogen-bond acceptors (Lipinski definition) is 3. The van der Waals surface area contributed by atoms with Crippen molar-refractivity contribution in [2.75, 3.05) is 11.1 Å². The SMILES string of the molecule is O=C(CSc1ccc2c(c1)CCC2)Nc1cn[nH]c1. The summed E-state index contributed by atoms with van der Waals surface area (Å²) in [6, 6.07) is 6.52. The quantitative estimate of drug-likeness (QED) is 0.842. The van der Waals surface area contributed by atoms with Gasteiger partial charge in [-0.2, -0.15) is 5.10 Å². The lowest BCUT2D eigenvalue weighted by Gasteiger charge is -2.05. The number of nitrogens with one attached hydrogen (secondary N) is 2. The fraction of sp³-hybridized carbons (Fsp3) is 0.286. The van der Waals surface area contributed by atoms with Gasteiger partial charge in [0.05, 0.1) is 17.6 Å². The average molecular weight is 273 g/mol. The van der Waals surface area contributed by atoms with Crippen LogP contribution in [0.15, 0.2) is 35.5 Å². The molecule has 0 bridgehead atoms. The minimum Gasteiger partial charge on any atom is -0.323 e. The van der Waals surface area contributed by atoms with E-state index < -0.39 is 0 Å². The normalized spacial score (nSPS) is 13.3. The maximum absolute atomic E-state index is 11.7. The lowest BCUT2D eigenvalue weighted by atomic mass is 10.1. The van der Waals surface area contributed by atoms with E-state index in [1.807, 2.05) is 0 Å². The Bertz CT molecular complexity index is 580. The van der Waals surface area contributed by atoms with E-state index in [1.54, 1.807) is 24.2 Å². The molecule has 2 aromatic rings. The summed E-state index contributed by atoms with van der Waals surface area (Å²) < 4.78 is 0. The number of carbonyl (C=O) groups excluding carboxylic acids is 1. The van der Waals surface area contributed by atoms with Crippen LogP contribution in [0.25, 0.3) is 0 Å². The van der Waals surface area contributed by atoms with Crippen molar-refractivity contribution in [3.05, 3.63) is 41.7 Å². The number of carbonyl (C=O) groups is 1. The molecule has 1 aromatic carbocycles. The van der Waals surface area contributed by atoms with Crippen LogP contribution in [-0.4, -0.2) is 21.9 Å². The second kappa shape index (κ2) is 5.48. The number of H-pyrrole nitrogens is 1. The molecule has 4 nitrogen and oxygen atoms in total. The van der Waals surface area contributed by atoms with Crippen molar-refractivity contribution >= 4 is 23.4 Å². The van der Waals surface area contributed by atoms with Gasteiger partial charge >= 0.3 is 0 Å². The molecule has 0 radical (unpaired) electrons. The van der Waals surface area contributed by atoms with Gasteiger partial charge in [-0.25, -0.2) is 0 Å². The first-order valence-electron chi connectivity index (χ1n) is 6.34. The molecular weight excluding hydrogens is 258 g/mol. The van der Waals surface area contributed by atoms with Gasteiger partial charge in [0.25, 0.3) is 0 Å². The van der Waals surface area contributed by atoms with Gasteiger partial charge in [0.1, 0.15) is 0 Å². The van der Waals surface area contributed by atoms with E-state index in [2.05, 4.69) is 33.7 Å². The molecule has 0 spiro atoms. The van der Waals surface area contributed by atoms with Gasteiger partial charge in [0, 0.05) is 11.1 Å². The highest BCUT2D eigenvalue weighted by molar-refractivity contribution is 8.00. The van der Waals surface area contributed by atoms with E-state index >= 15 is 0 Å². The van der Waals surface area contributed by atoms with Crippen LogP contribution >= 0.6 is 11.8 Å². The van der Waals surface area contributed by atoms with Gasteiger partial charge < -0.3 is 5.32 Å². The van der Waals surface area contributed by atoms with Gasteiger partial charge in [-0.3, -0.25) is 9.89 Å². The Morgan fingerprint density at radius 2 is 2.26 bits per heavy atom. The predicted molar refractivity (Wildman–Crippen MR) is 76.4 cm³/mol. The molecule has 0 saturated heterocycles. The number of aryl methyl sites for hydroxylation is 2. The Morgan fingerprint density at radius 1 is 1.37 bits per heavy atom. The van der Waals surface area contributed by atoms with Crippen LogP contribution in [0.2, 0.25) is 0 Å². The molecule has 2 N–H and O–H groups in total. The first-order chi connectivity index (χ1) is 9.31. The van der Waals surface area contributed by atoms with Crippen molar-refractivity contribution in [3.63, 3.8) is 0 Å². The lowest BCUT2D eigenvalue weighted by Crippen LogP contribution is -2.13. The third-order valence-corrected chi connectivity index (χ3v) is 4.22. The zero-order chi connectivity index (χ0) is 13.1. The zero-order valence-corrected chi connectivity index (χ0v) is 11.3. The van der Waals surface area contributed by atoms with Crippen LogP contribution in [0.4, 0.5) is 5.69 Å². The monoisotopic (exact) mass is 273 g/mol. The zero-order valence-electron chi connectivity index (χ0n) is 10.5. The largest absolute Gasteiger partial charge is 0.323 e. The van der Waals surface area contributed by atoms with Crippen molar-refractivity contribution in [1.82, 2.24) is 10.2 Å². The molecule has 3 rings (SSSR count). The number of nitrogens with zero attached hydrogens (tertiary/aromatic N) is 1. The maximum Gasteiger partial charge on any atom is 0.234 e. The second-order valence-corrected chi connectivity index (χ2v) is 5.66. The van der Waals surface area contributed by atoms with E-state index in [4.69, 9.17) is 0 Å². The molecule has 19 heavy (non-hydrogen) atoms. The van der Waals surface area contributed by atoms with Crippen molar-refractivity contribution in [2.45, 2.75) is 24.2 Å². The molecule has 0 saturated carbocycles. The molecule has 1 heterocycles. The Morgan fingerprint density at radius 3 is 3.11 bits per heavy atom. The summed E-state index contributed by atoms with van der Waals surface area (Å²) in [5, 5.41) is 9.24. The van der Waals surface area contributed by atoms with Crippen LogP contribution in [0.1, 0.15) is 17.5 Å². The molecule has 0 aliphatic heterocycles. The Balaban J connectivity index is 1.56. The third kappa shape index (κ3) is 2.98. The number of hydrogen-bond donors (Lipinski definition) is 2. The smallest absolute Gasteiger partial charge is 0.234 e. The summed E-state index contributed by atoms with van der Waals surface area (Å²) in [7, 11) is 0. The number of aromatic amines is 1. The number of aromatic nitrogens is 2. The van der Waals surface area contributed by atoms with Crippen molar-refractivity contribution in [1.29, 1.82) is 0 Å². The van der Waals surface area contributed by atoms with Crippen LogP contribution < -0.4 is 5.32 Å². The van der Waals surface area contributed by atoms with Gasteiger partial charge in [0.15, 0.2) is 0 Å². The Hall–Kier alpha value is -1.75. The Labute approximate surface area is 116 Å². The van der Waals surface area contributed by atoms with Crippen LogP contribution in [0, 0.1) is 0 Å². The summed E-state index contributed by atoms with van der Waals surface area (Å²) in [6.45, 7) is 0. The predicted octanol–water partition coefficient (Wildman–Crippen LogP) is 2.63. The highest BCUT2D eigenvalue weighted by Crippen LogP contribution is 2.27. The topological polar surface area (TPSA) is 57.8 Å². The summed E-state index contributed by atoms with van der Waals surface area (Å²) in [5.41, 5.74) is 3.62. The van der Waals surface area contributed by atoms with Crippen molar-refractivity contribution in [2.24, 2.45) is 0 Å². The van der Waals surface area contributed by atoms with Crippen molar-refractivity contribution in [3.8, 4) is 0 Å². The molecule has 1 aliphatic carbocycles. The summed E-state index contributed by atoms with van der Waals surface area (Å²) in [6.07, 6.45) is 6.88. The molecule has 98 valence electrons. The van der Waals surface area contributed by atoms with Crippen LogP contribution in [-0.2, 0) is 17.6 Å². The molecule has 5 heteroatoms. The number of anilines is 1. The molecule has 1 aliphatic rings. The summed E-state index contributed by atoms with van der Waals surface area (Å²) >= 11 is 1.57.